The Morgan fingerprint density at radius 3 is 2.29 bits per heavy atom. The van der Waals surface area contributed by atoms with Crippen LogP contribution in [0, 0.1) is 0 Å². The van der Waals surface area contributed by atoms with Gasteiger partial charge in [-0.2, -0.15) is 12.6 Å². The molecule has 0 aliphatic rings. The van der Waals surface area contributed by atoms with Crippen LogP contribution in [0.25, 0.3) is 0 Å². The van der Waals surface area contributed by atoms with Crippen molar-refractivity contribution in [3.8, 4) is 5.75 Å². The zero-order chi connectivity index (χ0) is 15.3. The molecule has 7 heteroatoms. The van der Waals surface area contributed by atoms with Crippen molar-refractivity contribution in [2.45, 2.75) is 0 Å². The lowest BCUT2D eigenvalue weighted by molar-refractivity contribution is 0.0340. The fourth-order valence-corrected chi connectivity index (χ4v) is 1.54. The van der Waals surface area contributed by atoms with E-state index >= 15 is 0 Å². The van der Waals surface area contributed by atoms with Crippen LogP contribution in [0.15, 0.2) is 24.3 Å². The number of anilines is 1. The third-order valence-corrected chi connectivity index (χ3v) is 2.59. The van der Waals surface area contributed by atoms with Crippen LogP contribution in [0.5, 0.6) is 5.75 Å². The topological polar surface area (TPSA) is 66.0 Å². The van der Waals surface area contributed by atoms with E-state index in [2.05, 4.69) is 17.9 Å². The first-order chi connectivity index (χ1) is 10.3. The Morgan fingerprint density at radius 2 is 1.67 bits per heavy atom. The molecule has 1 N–H and O–H groups in total. The normalized spacial score (nSPS) is 10.2. The SMILES string of the molecule is COc1ccc(NC(=O)OCCOCCOCCS)cc1. The van der Waals surface area contributed by atoms with Gasteiger partial charge in [0, 0.05) is 11.4 Å². The fourth-order valence-electron chi connectivity index (χ4n) is 1.41. The van der Waals surface area contributed by atoms with Crippen molar-refractivity contribution < 1.29 is 23.7 Å². The molecule has 0 aliphatic carbocycles. The Balaban J connectivity index is 2.05. The summed E-state index contributed by atoms with van der Waals surface area (Å²) in [5.74, 6) is 1.41. The minimum Gasteiger partial charge on any atom is -0.497 e. The maximum absolute atomic E-state index is 11.5. The van der Waals surface area contributed by atoms with E-state index in [1.807, 2.05) is 0 Å². The first kappa shape index (κ1) is 17.6. The van der Waals surface area contributed by atoms with E-state index in [0.717, 1.165) is 5.75 Å². The van der Waals surface area contributed by atoms with E-state index in [-0.39, 0.29) is 6.61 Å². The number of thiol groups is 1. The maximum Gasteiger partial charge on any atom is 0.411 e. The summed E-state index contributed by atoms with van der Waals surface area (Å²) in [4.78, 5) is 11.5. The Bertz CT molecular complexity index is 399. The number of methoxy groups -OCH3 is 1. The zero-order valence-electron chi connectivity index (χ0n) is 12.0. The standard InChI is InChI=1S/C14H21NO5S/c1-17-13-4-2-12(3-5-13)15-14(16)20-9-8-18-6-7-19-10-11-21/h2-5,21H,6-11H2,1H3,(H,15,16). The van der Waals surface area contributed by atoms with Crippen molar-refractivity contribution >= 4 is 24.4 Å². The highest BCUT2D eigenvalue weighted by Crippen LogP contribution is 2.14. The molecule has 0 atom stereocenters. The number of nitrogens with one attached hydrogen (secondary N) is 1. The van der Waals surface area contributed by atoms with Crippen LogP contribution in [-0.4, -0.2) is 52.0 Å². The van der Waals surface area contributed by atoms with Crippen molar-refractivity contribution in [2.24, 2.45) is 0 Å². The summed E-state index contributed by atoms with van der Waals surface area (Å²) in [6, 6.07) is 6.97. The number of ether oxygens (including phenoxy) is 4. The number of amides is 1. The fraction of sp³-hybridized carbons (Fsp3) is 0.500. The van der Waals surface area contributed by atoms with Gasteiger partial charge in [0.1, 0.15) is 12.4 Å². The average molecular weight is 315 g/mol. The van der Waals surface area contributed by atoms with Gasteiger partial charge in [0.25, 0.3) is 0 Å². The van der Waals surface area contributed by atoms with Crippen molar-refractivity contribution in [1.82, 2.24) is 0 Å². The Labute approximate surface area is 130 Å². The highest BCUT2D eigenvalue weighted by Gasteiger charge is 2.03. The lowest BCUT2D eigenvalue weighted by Gasteiger charge is -2.08. The van der Waals surface area contributed by atoms with Crippen LogP contribution < -0.4 is 10.1 Å². The third-order valence-electron chi connectivity index (χ3n) is 2.40. The molecule has 0 saturated carbocycles. The molecule has 0 radical (unpaired) electrons. The van der Waals surface area contributed by atoms with Gasteiger partial charge >= 0.3 is 6.09 Å². The van der Waals surface area contributed by atoms with Crippen LogP contribution in [0.2, 0.25) is 0 Å². The predicted octanol–water partition coefficient (Wildman–Crippen LogP) is 2.21. The molecule has 6 nitrogen and oxygen atoms in total. The molecule has 0 heterocycles. The van der Waals surface area contributed by atoms with E-state index < -0.39 is 6.09 Å². The number of benzene rings is 1. The molecule has 0 fully saturated rings. The second-order valence-electron chi connectivity index (χ2n) is 3.94. The molecule has 0 spiro atoms. The minimum atomic E-state index is -0.518. The van der Waals surface area contributed by atoms with Gasteiger partial charge in [0.15, 0.2) is 0 Å². The van der Waals surface area contributed by atoms with Crippen molar-refractivity contribution in [2.75, 3.05) is 51.2 Å². The molecule has 0 aromatic heterocycles. The largest absolute Gasteiger partial charge is 0.497 e. The van der Waals surface area contributed by atoms with E-state index in [0.29, 0.717) is 37.9 Å². The maximum atomic E-state index is 11.5. The quantitative estimate of drug-likeness (QED) is 0.512. The Hall–Kier alpha value is -1.44. The summed E-state index contributed by atoms with van der Waals surface area (Å²) in [6.45, 7) is 2.11. The smallest absolute Gasteiger partial charge is 0.411 e. The molecule has 1 aromatic carbocycles. The van der Waals surface area contributed by atoms with Crippen LogP contribution in [0.1, 0.15) is 0 Å². The average Bonchev–Trinajstić information content (AvgIpc) is 2.50. The molecule has 1 amide bonds. The summed E-state index contributed by atoms with van der Waals surface area (Å²) in [5.41, 5.74) is 0.641. The summed E-state index contributed by atoms with van der Waals surface area (Å²) < 4.78 is 20.4. The molecular weight excluding hydrogens is 294 g/mol. The van der Waals surface area contributed by atoms with E-state index in [1.165, 1.54) is 0 Å². The lowest BCUT2D eigenvalue weighted by Crippen LogP contribution is -2.17. The third kappa shape index (κ3) is 8.44. The molecule has 1 aromatic rings. The van der Waals surface area contributed by atoms with Crippen molar-refractivity contribution in [1.29, 1.82) is 0 Å². The van der Waals surface area contributed by atoms with Gasteiger partial charge in [-0.1, -0.05) is 0 Å². The van der Waals surface area contributed by atoms with Crippen LogP contribution in [0.4, 0.5) is 10.5 Å². The molecule has 118 valence electrons. The second-order valence-corrected chi connectivity index (χ2v) is 4.38. The highest BCUT2D eigenvalue weighted by atomic mass is 32.1. The second kappa shape index (κ2) is 11.2. The van der Waals surface area contributed by atoms with E-state index in [9.17, 15) is 4.79 Å². The molecule has 0 aliphatic heterocycles. The van der Waals surface area contributed by atoms with Gasteiger partial charge in [0.05, 0.1) is 33.5 Å². The first-order valence-corrected chi connectivity index (χ1v) is 7.23. The molecular formula is C14H21NO5S. The highest BCUT2D eigenvalue weighted by molar-refractivity contribution is 7.80. The number of carbonyl (C=O) groups is 1. The van der Waals surface area contributed by atoms with Gasteiger partial charge in [0.2, 0.25) is 0 Å². The summed E-state index contributed by atoms with van der Waals surface area (Å²) in [5, 5.41) is 2.61. The van der Waals surface area contributed by atoms with E-state index in [4.69, 9.17) is 18.9 Å². The zero-order valence-corrected chi connectivity index (χ0v) is 12.9. The summed E-state index contributed by atoms with van der Waals surface area (Å²) in [7, 11) is 1.58. The van der Waals surface area contributed by atoms with Crippen LogP contribution >= 0.6 is 12.6 Å². The summed E-state index contributed by atoms with van der Waals surface area (Å²) in [6.07, 6.45) is -0.518. The van der Waals surface area contributed by atoms with Crippen LogP contribution in [0.3, 0.4) is 0 Å². The first-order valence-electron chi connectivity index (χ1n) is 6.60. The molecule has 0 bridgehead atoms. The molecule has 0 unspecified atom stereocenters. The molecule has 21 heavy (non-hydrogen) atoms. The molecule has 1 rings (SSSR count). The number of rotatable bonds is 10. The van der Waals surface area contributed by atoms with Gasteiger partial charge in [-0.05, 0) is 24.3 Å². The predicted molar refractivity (Wildman–Crippen MR) is 83.5 cm³/mol. The van der Waals surface area contributed by atoms with Gasteiger partial charge in [-0.15, -0.1) is 0 Å². The lowest BCUT2D eigenvalue weighted by atomic mass is 10.3. The monoisotopic (exact) mass is 315 g/mol. The number of carbonyl (C=O) groups excluding carboxylic acids is 1. The van der Waals surface area contributed by atoms with Crippen LogP contribution in [-0.2, 0) is 14.2 Å². The van der Waals surface area contributed by atoms with Crippen molar-refractivity contribution in [3.63, 3.8) is 0 Å². The molecule has 0 saturated heterocycles. The van der Waals surface area contributed by atoms with Crippen molar-refractivity contribution in [3.05, 3.63) is 24.3 Å². The minimum absolute atomic E-state index is 0.189. The van der Waals surface area contributed by atoms with Gasteiger partial charge in [-0.3, -0.25) is 5.32 Å². The van der Waals surface area contributed by atoms with Gasteiger partial charge in [-0.25, -0.2) is 4.79 Å². The Morgan fingerprint density at radius 1 is 1.05 bits per heavy atom. The van der Waals surface area contributed by atoms with Gasteiger partial charge < -0.3 is 18.9 Å². The summed E-state index contributed by atoms with van der Waals surface area (Å²) >= 11 is 4.02. The van der Waals surface area contributed by atoms with E-state index in [1.54, 1.807) is 31.4 Å². The number of hydrogen-bond acceptors (Lipinski definition) is 6. The number of hydrogen-bond donors (Lipinski definition) is 2. The Kier molecular flexibility index (Phi) is 9.43.